The highest BCUT2D eigenvalue weighted by molar-refractivity contribution is 5.31. The number of allylic oxidation sites excluding steroid dienone is 2. The quantitative estimate of drug-likeness (QED) is 0.299. The van der Waals surface area contributed by atoms with Gasteiger partial charge in [-0.05, 0) is 124 Å². The Morgan fingerprint density at radius 1 is 0.806 bits per heavy atom. The summed E-state index contributed by atoms with van der Waals surface area (Å²) in [7, 11) is 0. The molecule has 2 fully saturated rings. The summed E-state index contributed by atoms with van der Waals surface area (Å²) in [6.45, 7) is 4.20. The lowest BCUT2D eigenvalue weighted by atomic mass is 9.68. The molecular formula is C33H44F2O. The number of benzene rings is 2. The second-order valence-electron chi connectivity index (χ2n) is 11.1. The molecule has 0 spiro atoms. The van der Waals surface area contributed by atoms with Crippen LogP contribution >= 0.6 is 0 Å². The molecule has 0 bridgehead atoms. The van der Waals surface area contributed by atoms with Crippen LogP contribution in [0.3, 0.4) is 0 Å². The van der Waals surface area contributed by atoms with E-state index in [2.05, 4.69) is 43.3 Å². The number of ether oxygens (including phenoxy) is 1. The van der Waals surface area contributed by atoms with E-state index in [0.29, 0.717) is 24.5 Å². The van der Waals surface area contributed by atoms with Crippen LogP contribution in [0.4, 0.5) is 8.78 Å². The summed E-state index contributed by atoms with van der Waals surface area (Å²) in [5.41, 5.74) is 3.46. The van der Waals surface area contributed by atoms with Crippen molar-refractivity contribution in [3.8, 4) is 5.75 Å². The lowest BCUT2D eigenvalue weighted by Crippen LogP contribution is -2.25. The first-order valence-corrected chi connectivity index (χ1v) is 14.4. The third-order valence-electron chi connectivity index (χ3n) is 8.87. The first-order chi connectivity index (χ1) is 17.6. The van der Waals surface area contributed by atoms with E-state index in [1.807, 2.05) is 0 Å². The van der Waals surface area contributed by atoms with Crippen molar-refractivity contribution in [1.82, 2.24) is 0 Å². The molecule has 2 aliphatic carbocycles. The third kappa shape index (κ3) is 6.99. The normalized spacial score (nSPS) is 24.8. The topological polar surface area (TPSA) is 9.23 Å². The van der Waals surface area contributed by atoms with Crippen LogP contribution in [0, 0.1) is 29.4 Å². The van der Waals surface area contributed by atoms with Crippen molar-refractivity contribution in [1.29, 1.82) is 0 Å². The lowest BCUT2D eigenvalue weighted by molar-refractivity contribution is 0.157. The lowest BCUT2D eigenvalue weighted by Gasteiger charge is -2.38. The van der Waals surface area contributed by atoms with E-state index in [9.17, 15) is 8.78 Å². The molecule has 0 N–H and O–H groups in total. The van der Waals surface area contributed by atoms with Gasteiger partial charge in [-0.1, -0.05) is 55.3 Å². The largest absolute Gasteiger partial charge is 0.491 e. The van der Waals surface area contributed by atoms with Crippen molar-refractivity contribution in [3.63, 3.8) is 0 Å². The molecule has 1 nitrogen and oxygen atoms in total. The van der Waals surface area contributed by atoms with Gasteiger partial charge in [0.15, 0.2) is 11.6 Å². The van der Waals surface area contributed by atoms with Crippen LogP contribution in [-0.2, 0) is 12.8 Å². The average molecular weight is 495 g/mol. The first kappa shape index (κ1) is 26.9. The maximum absolute atomic E-state index is 14.4. The van der Waals surface area contributed by atoms with Crippen LogP contribution in [0.1, 0.15) is 101 Å². The van der Waals surface area contributed by atoms with Gasteiger partial charge in [-0.25, -0.2) is 4.39 Å². The molecular weight excluding hydrogens is 450 g/mol. The second kappa shape index (κ2) is 13.4. The van der Waals surface area contributed by atoms with E-state index in [1.165, 1.54) is 62.5 Å². The minimum Gasteiger partial charge on any atom is -0.491 e. The number of hydrogen-bond acceptors (Lipinski definition) is 1. The van der Waals surface area contributed by atoms with Crippen LogP contribution in [0.2, 0.25) is 0 Å². The van der Waals surface area contributed by atoms with Crippen molar-refractivity contribution in [3.05, 3.63) is 76.9 Å². The zero-order chi connectivity index (χ0) is 25.3. The summed E-state index contributed by atoms with van der Waals surface area (Å²) in [6.07, 6.45) is 18.7. The third-order valence-corrected chi connectivity index (χ3v) is 8.87. The van der Waals surface area contributed by atoms with Gasteiger partial charge in [0.1, 0.15) is 0 Å². The van der Waals surface area contributed by atoms with Gasteiger partial charge in [0.05, 0.1) is 6.61 Å². The van der Waals surface area contributed by atoms with Crippen LogP contribution < -0.4 is 4.74 Å². The summed E-state index contributed by atoms with van der Waals surface area (Å²) < 4.78 is 33.8. The van der Waals surface area contributed by atoms with Crippen molar-refractivity contribution in [2.45, 2.75) is 96.8 Å². The molecule has 3 heteroatoms. The molecule has 0 saturated heterocycles. The van der Waals surface area contributed by atoms with Gasteiger partial charge < -0.3 is 4.74 Å². The SMILES string of the molecule is C/C=C/CCc1ccc(C2CCC(C3CCC(CCc4ccc(OCC)c(F)c4F)CC3)CC2)cc1. The van der Waals surface area contributed by atoms with Crippen LogP contribution in [0.5, 0.6) is 5.75 Å². The zero-order valence-corrected chi connectivity index (χ0v) is 22.3. The van der Waals surface area contributed by atoms with Gasteiger partial charge in [0, 0.05) is 0 Å². The highest BCUT2D eigenvalue weighted by atomic mass is 19.2. The van der Waals surface area contributed by atoms with Gasteiger partial charge in [0.25, 0.3) is 0 Å². The molecule has 2 aromatic rings. The van der Waals surface area contributed by atoms with Gasteiger partial charge >= 0.3 is 0 Å². The minimum absolute atomic E-state index is 0.0195. The Morgan fingerprint density at radius 3 is 2.11 bits per heavy atom. The van der Waals surface area contributed by atoms with E-state index >= 15 is 0 Å². The van der Waals surface area contributed by atoms with Crippen LogP contribution in [0.25, 0.3) is 0 Å². The Hall–Kier alpha value is -2.16. The molecule has 2 aromatic carbocycles. The van der Waals surface area contributed by atoms with Gasteiger partial charge in [-0.2, -0.15) is 4.39 Å². The highest BCUT2D eigenvalue weighted by Gasteiger charge is 2.31. The fourth-order valence-electron chi connectivity index (χ4n) is 6.64. The summed E-state index contributed by atoms with van der Waals surface area (Å²) in [4.78, 5) is 0. The standard InChI is InChI=1S/C33H44F2O/c1-3-5-6-7-24-8-13-26(14-9-24)28-18-20-29(21-19-28)27-15-10-25(11-16-27)12-17-30-22-23-31(36-4-2)33(35)32(30)34/h3,5,8-9,13-14,22-23,25,27-29H,4,6-7,10-12,15-21H2,1-2H3/b5-3+. The molecule has 0 aromatic heterocycles. The smallest absolute Gasteiger partial charge is 0.200 e. The summed E-state index contributed by atoms with van der Waals surface area (Å²) >= 11 is 0. The minimum atomic E-state index is -0.839. The summed E-state index contributed by atoms with van der Waals surface area (Å²) in [6, 6.07) is 12.7. The van der Waals surface area contributed by atoms with E-state index < -0.39 is 11.6 Å². The van der Waals surface area contributed by atoms with E-state index in [1.54, 1.807) is 19.1 Å². The Balaban J connectivity index is 1.18. The van der Waals surface area contributed by atoms with Gasteiger partial charge in [0.2, 0.25) is 5.82 Å². The van der Waals surface area contributed by atoms with Gasteiger partial charge in [-0.15, -0.1) is 0 Å². The molecule has 2 saturated carbocycles. The number of hydrogen-bond donors (Lipinski definition) is 0. The monoisotopic (exact) mass is 494 g/mol. The predicted octanol–water partition coefficient (Wildman–Crippen LogP) is 9.59. The number of rotatable bonds is 10. The van der Waals surface area contributed by atoms with Gasteiger partial charge in [-0.3, -0.25) is 0 Å². The molecule has 196 valence electrons. The highest BCUT2D eigenvalue weighted by Crippen LogP contribution is 2.44. The van der Waals surface area contributed by atoms with Crippen LogP contribution in [0.15, 0.2) is 48.6 Å². The summed E-state index contributed by atoms with van der Waals surface area (Å²) in [5.74, 6) is 1.55. The van der Waals surface area contributed by atoms with E-state index in [-0.39, 0.29) is 5.75 Å². The summed E-state index contributed by atoms with van der Waals surface area (Å²) in [5, 5.41) is 0. The second-order valence-corrected chi connectivity index (χ2v) is 11.1. The Kier molecular flexibility index (Phi) is 10.0. The molecule has 0 unspecified atom stereocenters. The Labute approximate surface area is 217 Å². The van der Waals surface area contributed by atoms with Crippen molar-refractivity contribution >= 4 is 0 Å². The number of halogens is 2. The van der Waals surface area contributed by atoms with Crippen LogP contribution in [-0.4, -0.2) is 6.61 Å². The fraction of sp³-hybridized carbons (Fsp3) is 0.576. The predicted molar refractivity (Wildman–Crippen MR) is 146 cm³/mol. The molecule has 0 amide bonds. The maximum Gasteiger partial charge on any atom is 0.200 e. The Morgan fingerprint density at radius 2 is 1.47 bits per heavy atom. The first-order valence-electron chi connectivity index (χ1n) is 14.4. The molecule has 4 rings (SSSR count). The maximum atomic E-state index is 14.4. The van der Waals surface area contributed by atoms with E-state index in [0.717, 1.165) is 37.0 Å². The van der Waals surface area contributed by atoms with E-state index in [4.69, 9.17) is 4.74 Å². The van der Waals surface area contributed by atoms with Crippen molar-refractivity contribution in [2.75, 3.05) is 6.61 Å². The molecule has 0 aliphatic heterocycles. The van der Waals surface area contributed by atoms with Crippen molar-refractivity contribution in [2.24, 2.45) is 17.8 Å². The molecule has 0 radical (unpaired) electrons. The fourth-order valence-corrected chi connectivity index (χ4v) is 6.64. The molecule has 0 heterocycles. The van der Waals surface area contributed by atoms with Crippen molar-refractivity contribution < 1.29 is 13.5 Å². The molecule has 0 atom stereocenters. The molecule has 2 aliphatic rings. The zero-order valence-electron chi connectivity index (χ0n) is 22.3. The molecule has 36 heavy (non-hydrogen) atoms. The number of aryl methyl sites for hydroxylation is 2. The average Bonchev–Trinajstić information content (AvgIpc) is 2.92. The Bertz CT molecular complexity index is 964.